The lowest BCUT2D eigenvalue weighted by Gasteiger charge is -2.34. The fraction of sp³-hybridized carbons (Fsp3) is 0.574. The second kappa shape index (κ2) is 22.7. The van der Waals surface area contributed by atoms with Gasteiger partial charge in [0.25, 0.3) is 11.8 Å². The highest BCUT2D eigenvalue weighted by atomic mass is 32.1. The number of unbranched alkanes of at least 4 members (excludes halogenated alkanes) is 8. The zero-order valence-corrected chi connectivity index (χ0v) is 45.9. The van der Waals surface area contributed by atoms with E-state index in [9.17, 15) is 0 Å². The van der Waals surface area contributed by atoms with Crippen molar-refractivity contribution in [2.75, 3.05) is 13.1 Å². The fourth-order valence-electron chi connectivity index (χ4n) is 11.5. The first-order valence-electron chi connectivity index (χ1n) is 27.3. The molecule has 1 aliphatic carbocycles. The van der Waals surface area contributed by atoms with E-state index in [0.29, 0.717) is 36.1 Å². The molecule has 6 nitrogen and oxygen atoms in total. The van der Waals surface area contributed by atoms with Crippen molar-refractivity contribution < 1.29 is 9.59 Å². The van der Waals surface area contributed by atoms with E-state index >= 15 is 9.59 Å². The van der Waals surface area contributed by atoms with Crippen molar-refractivity contribution in [2.24, 2.45) is 23.3 Å². The molecule has 8 heteroatoms. The van der Waals surface area contributed by atoms with Crippen LogP contribution in [0.25, 0.3) is 33.0 Å². The Morgan fingerprint density at radius 2 is 1.01 bits per heavy atom. The lowest BCUT2D eigenvalue weighted by Crippen LogP contribution is -2.34. The van der Waals surface area contributed by atoms with Crippen molar-refractivity contribution >= 4 is 45.9 Å². The molecule has 3 aliphatic rings. The summed E-state index contributed by atoms with van der Waals surface area (Å²) in [6.07, 6.45) is 20.6. The molecule has 0 saturated heterocycles. The van der Waals surface area contributed by atoms with Gasteiger partial charge >= 0.3 is 0 Å². The molecule has 0 bridgehead atoms. The second-order valence-corrected chi connectivity index (χ2v) is 24.3. The van der Waals surface area contributed by atoms with Crippen LogP contribution in [-0.4, -0.2) is 34.7 Å². The SMILES string of the molecule is CCCCCCC1(CCCCCC)c2cc(-c3ccc(C4=C5C(=O)N(CC(CC)CCCC)C(c6ccc(C(C)(C)N)s6)=C5C(=O)N4CC(CC)CCCC)s3)ccc2-c2ccc(C(C)(C)N)cc21. The maximum atomic E-state index is 15.5. The number of carbonyl (C=O) groups excluding carboxylic acids is 2. The lowest BCUT2D eigenvalue weighted by atomic mass is 9.69. The van der Waals surface area contributed by atoms with Gasteiger partial charge in [-0.2, -0.15) is 0 Å². The van der Waals surface area contributed by atoms with Gasteiger partial charge in [0, 0.05) is 39.3 Å². The van der Waals surface area contributed by atoms with Gasteiger partial charge in [-0.1, -0.05) is 162 Å². The number of fused-ring (bicyclic) bond motifs is 4. The Bertz CT molecular complexity index is 2480. The van der Waals surface area contributed by atoms with E-state index in [1.54, 1.807) is 22.7 Å². The van der Waals surface area contributed by atoms with Crippen molar-refractivity contribution in [3.05, 3.63) is 103 Å². The van der Waals surface area contributed by atoms with Gasteiger partial charge in [0.05, 0.1) is 32.3 Å². The van der Waals surface area contributed by atoms with E-state index in [2.05, 4.69) is 116 Å². The van der Waals surface area contributed by atoms with Gasteiger partial charge in [0.1, 0.15) is 0 Å². The molecule has 0 spiro atoms. The summed E-state index contributed by atoms with van der Waals surface area (Å²) in [5.41, 5.74) is 23.2. The van der Waals surface area contributed by atoms with Crippen LogP contribution < -0.4 is 11.5 Å². The number of nitrogens with two attached hydrogens (primary N) is 2. The molecule has 2 atom stereocenters. The number of benzene rings is 2. The first-order chi connectivity index (χ1) is 33.1. The summed E-state index contributed by atoms with van der Waals surface area (Å²) in [4.78, 5) is 39.0. The number of nitrogens with zero attached hydrogens (tertiary/aromatic N) is 2. The summed E-state index contributed by atoms with van der Waals surface area (Å²) < 4.78 is 0. The van der Waals surface area contributed by atoms with Gasteiger partial charge in [0.2, 0.25) is 0 Å². The molecule has 0 saturated carbocycles. The van der Waals surface area contributed by atoms with E-state index in [-0.39, 0.29) is 17.2 Å². The minimum Gasteiger partial charge on any atom is -0.322 e. The highest BCUT2D eigenvalue weighted by molar-refractivity contribution is 7.16. The third-order valence-corrected chi connectivity index (χ3v) is 18.3. The van der Waals surface area contributed by atoms with Gasteiger partial charge in [-0.15, -0.1) is 22.7 Å². The normalized spacial score (nSPS) is 16.6. The highest BCUT2D eigenvalue weighted by Crippen LogP contribution is 2.57. The number of thiophene rings is 2. The molecule has 4 N–H and O–H groups in total. The van der Waals surface area contributed by atoms with Crippen LogP contribution in [-0.2, 0) is 26.1 Å². The average Bonchev–Trinajstić information content (AvgIpc) is 4.16. The molecule has 2 amide bonds. The van der Waals surface area contributed by atoms with E-state index in [1.807, 2.05) is 23.6 Å². The van der Waals surface area contributed by atoms with Crippen molar-refractivity contribution in [1.29, 1.82) is 0 Å². The maximum Gasteiger partial charge on any atom is 0.261 e. The van der Waals surface area contributed by atoms with Crippen LogP contribution in [0.15, 0.2) is 71.8 Å². The van der Waals surface area contributed by atoms with Gasteiger partial charge < -0.3 is 21.3 Å². The minimum atomic E-state index is -0.542. The Balaban J connectivity index is 1.39. The number of hydrogen-bond donors (Lipinski definition) is 2. The Morgan fingerprint density at radius 3 is 1.49 bits per heavy atom. The van der Waals surface area contributed by atoms with Crippen LogP contribution in [0, 0.1) is 11.8 Å². The second-order valence-electron chi connectivity index (χ2n) is 22.1. The van der Waals surface area contributed by atoms with Crippen molar-refractivity contribution in [3.8, 4) is 21.6 Å². The van der Waals surface area contributed by atoms with E-state index in [0.717, 1.165) is 95.1 Å². The number of rotatable bonds is 27. The topological polar surface area (TPSA) is 92.7 Å². The Labute approximate surface area is 425 Å². The molecule has 4 aromatic rings. The summed E-state index contributed by atoms with van der Waals surface area (Å²) >= 11 is 3.36. The van der Waals surface area contributed by atoms with Gasteiger partial charge in [-0.3, -0.25) is 9.59 Å². The van der Waals surface area contributed by atoms with Crippen LogP contribution in [0.2, 0.25) is 0 Å². The fourth-order valence-corrected chi connectivity index (χ4v) is 13.6. The first-order valence-corrected chi connectivity index (χ1v) is 28.9. The smallest absolute Gasteiger partial charge is 0.261 e. The predicted molar refractivity (Wildman–Crippen MR) is 296 cm³/mol. The molecule has 7 rings (SSSR count). The molecule has 2 unspecified atom stereocenters. The number of hydrogen-bond acceptors (Lipinski definition) is 6. The Kier molecular flexibility index (Phi) is 17.5. The molecule has 2 aromatic heterocycles. The zero-order chi connectivity index (χ0) is 49.7. The molecule has 374 valence electrons. The van der Waals surface area contributed by atoms with E-state index in [4.69, 9.17) is 11.5 Å². The van der Waals surface area contributed by atoms with Crippen molar-refractivity contribution in [1.82, 2.24) is 9.80 Å². The molecular weight excluding hydrogens is 885 g/mol. The zero-order valence-electron chi connectivity index (χ0n) is 44.3. The summed E-state index contributed by atoms with van der Waals surface area (Å²) in [5, 5.41) is 0. The molecular formula is C61H86N4O2S2. The Morgan fingerprint density at radius 1 is 0.536 bits per heavy atom. The predicted octanol–water partition coefficient (Wildman–Crippen LogP) is 16.3. The van der Waals surface area contributed by atoms with Crippen LogP contribution in [0.3, 0.4) is 0 Å². The van der Waals surface area contributed by atoms with Crippen LogP contribution in [0.5, 0.6) is 0 Å². The minimum absolute atomic E-state index is 0.0365. The molecule has 2 aliphatic heterocycles. The lowest BCUT2D eigenvalue weighted by molar-refractivity contribution is -0.124. The molecule has 2 aromatic carbocycles. The van der Waals surface area contributed by atoms with Crippen molar-refractivity contribution in [2.45, 2.75) is 201 Å². The van der Waals surface area contributed by atoms with Crippen LogP contribution in [0.1, 0.15) is 216 Å². The van der Waals surface area contributed by atoms with E-state index < -0.39 is 11.1 Å². The summed E-state index contributed by atoms with van der Waals surface area (Å²) in [7, 11) is 0. The van der Waals surface area contributed by atoms with Crippen LogP contribution >= 0.6 is 22.7 Å². The molecule has 4 heterocycles. The average molecular weight is 972 g/mol. The van der Waals surface area contributed by atoms with Gasteiger partial charge in [-0.05, 0) is 129 Å². The monoisotopic (exact) mass is 971 g/mol. The first kappa shape index (κ1) is 53.0. The quantitative estimate of drug-likeness (QED) is 0.0582. The van der Waals surface area contributed by atoms with Crippen LogP contribution in [0.4, 0.5) is 0 Å². The Hall–Kier alpha value is -3.82. The maximum absolute atomic E-state index is 15.5. The number of carbonyl (C=O) groups is 2. The van der Waals surface area contributed by atoms with Crippen molar-refractivity contribution in [3.63, 3.8) is 0 Å². The molecule has 69 heavy (non-hydrogen) atoms. The standard InChI is InChI=1S/C61H86N4O2S2/c1-11-17-21-23-35-61(36-24-22-18-12-2)47-37-43(27-29-45(47)46-30-28-44(38-48(46)61)59(7,8)62)49-31-32-50(68-49)55-53-54(58(67)64(55)39-41(15-5)25-19-13-3)56(51-33-34-52(69-51)60(9,10)63)65(57(53)66)40-42(16-6)26-20-14-4/h27-34,37-38,41-42H,11-26,35-36,39-40,62-63H2,1-10H3. The highest BCUT2D eigenvalue weighted by Gasteiger charge is 2.50. The third-order valence-electron chi connectivity index (χ3n) is 15.8. The van der Waals surface area contributed by atoms with E-state index in [1.165, 1.54) is 84.7 Å². The number of amides is 2. The summed E-state index contributed by atoms with van der Waals surface area (Å²) in [5.74, 6) is 0.589. The molecule has 0 radical (unpaired) electrons. The summed E-state index contributed by atoms with van der Waals surface area (Å²) in [6.45, 7) is 23.1. The summed E-state index contributed by atoms with van der Waals surface area (Å²) in [6, 6.07) is 22.9. The van der Waals surface area contributed by atoms with Gasteiger partial charge in [0.15, 0.2) is 0 Å². The van der Waals surface area contributed by atoms with Gasteiger partial charge in [-0.25, -0.2) is 0 Å². The largest absolute Gasteiger partial charge is 0.322 e. The third kappa shape index (κ3) is 11.0. The molecule has 0 fully saturated rings.